The van der Waals surface area contributed by atoms with Gasteiger partial charge in [0.1, 0.15) is 11.5 Å². The van der Waals surface area contributed by atoms with Gasteiger partial charge in [0.2, 0.25) is 0 Å². The van der Waals surface area contributed by atoms with Gasteiger partial charge in [0, 0.05) is 38.3 Å². The Morgan fingerprint density at radius 1 is 0.525 bits per heavy atom. The third-order valence-corrected chi connectivity index (χ3v) is 12.7. The summed E-state index contributed by atoms with van der Waals surface area (Å²) in [5.74, 6) is 3.64. The van der Waals surface area contributed by atoms with Crippen LogP contribution in [0.2, 0.25) is 0 Å². The third-order valence-electron chi connectivity index (χ3n) is 12.7. The molecule has 1 aliphatic carbocycles. The molecule has 0 amide bonds. The van der Waals surface area contributed by atoms with Crippen LogP contribution in [0.25, 0.3) is 44.3 Å². The fraction of sp³-hybridized carbons (Fsp3) is 0.245. The smallest absolute Gasteiger partial charge is 0.160 e. The van der Waals surface area contributed by atoms with Gasteiger partial charge in [-0.3, -0.25) is 0 Å². The molecule has 0 radical (unpaired) electrons. The van der Waals surface area contributed by atoms with E-state index in [1.807, 2.05) is 72.8 Å². The number of H-pyrrole nitrogens is 2. The molecule has 0 bridgehead atoms. The van der Waals surface area contributed by atoms with E-state index in [9.17, 15) is 0 Å². The normalized spacial score (nSPS) is 14.2. The molecule has 1 fully saturated rings. The second-order valence-corrected chi connectivity index (χ2v) is 16.4. The zero-order chi connectivity index (χ0) is 40.2. The molecule has 298 valence electrons. The molecule has 2 heterocycles. The Balaban J connectivity index is 1.06. The highest BCUT2D eigenvalue weighted by molar-refractivity contribution is 5.96. The van der Waals surface area contributed by atoms with Crippen molar-refractivity contribution in [3.63, 3.8) is 0 Å². The van der Waals surface area contributed by atoms with Crippen LogP contribution in [0, 0.1) is 5.92 Å². The topological polar surface area (TPSA) is 102 Å². The van der Waals surface area contributed by atoms with Gasteiger partial charge in [0.15, 0.2) is 11.5 Å². The van der Waals surface area contributed by atoms with Crippen molar-refractivity contribution in [2.24, 2.45) is 5.92 Å². The molecule has 0 atom stereocenters. The minimum absolute atomic E-state index is 0.105. The molecule has 6 heteroatoms. The average molecular weight is 779 g/mol. The number of benzene rings is 6. The van der Waals surface area contributed by atoms with E-state index >= 15 is 0 Å². The van der Waals surface area contributed by atoms with E-state index in [-0.39, 0.29) is 5.41 Å². The number of para-hydroxylation sites is 6. The van der Waals surface area contributed by atoms with Gasteiger partial charge in [-0.25, -0.2) is 0 Å². The maximum Gasteiger partial charge on any atom is 0.160 e. The number of unbranched alkanes of at least 4 members (excludes halogenated alkanes) is 4. The predicted molar refractivity (Wildman–Crippen MR) is 245 cm³/mol. The lowest BCUT2D eigenvalue weighted by Gasteiger charge is -2.41. The highest BCUT2D eigenvalue weighted by atomic mass is 16.5. The van der Waals surface area contributed by atoms with E-state index < -0.39 is 0 Å². The Kier molecular flexibility index (Phi) is 10.9. The van der Waals surface area contributed by atoms with Gasteiger partial charge in [-0.05, 0) is 91.3 Å². The summed E-state index contributed by atoms with van der Waals surface area (Å²) in [6.07, 6.45) is 12.7. The van der Waals surface area contributed by atoms with Crippen LogP contribution in [0.3, 0.4) is 0 Å². The van der Waals surface area contributed by atoms with Crippen molar-refractivity contribution in [3.8, 4) is 45.5 Å². The molecule has 59 heavy (non-hydrogen) atoms. The van der Waals surface area contributed by atoms with Gasteiger partial charge in [0.25, 0.3) is 0 Å². The Labute approximate surface area is 347 Å². The molecule has 1 aliphatic rings. The fourth-order valence-corrected chi connectivity index (χ4v) is 9.37. The number of fused-ring (bicyclic) bond motifs is 2. The van der Waals surface area contributed by atoms with Crippen molar-refractivity contribution >= 4 is 33.2 Å². The number of ether oxygens (including phenoxy) is 2. The molecule has 0 aliphatic heterocycles. The monoisotopic (exact) mass is 778 g/mol. The molecule has 6 nitrogen and oxygen atoms in total. The van der Waals surface area contributed by atoms with Gasteiger partial charge in [0.05, 0.1) is 22.8 Å². The van der Waals surface area contributed by atoms with E-state index in [0.717, 1.165) is 74.6 Å². The van der Waals surface area contributed by atoms with Crippen molar-refractivity contribution in [1.82, 2.24) is 9.97 Å². The molecule has 8 aromatic rings. The van der Waals surface area contributed by atoms with Crippen molar-refractivity contribution in [1.29, 1.82) is 0 Å². The van der Waals surface area contributed by atoms with E-state index in [1.165, 1.54) is 62.5 Å². The molecule has 0 spiro atoms. The van der Waals surface area contributed by atoms with E-state index in [4.69, 9.17) is 20.9 Å². The van der Waals surface area contributed by atoms with Crippen LogP contribution in [0.15, 0.2) is 146 Å². The summed E-state index contributed by atoms with van der Waals surface area (Å²) in [4.78, 5) is 7.33. The highest BCUT2D eigenvalue weighted by Gasteiger charge is 2.38. The zero-order valence-corrected chi connectivity index (χ0v) is 34.0. The van der Waals surface area contributed by atoms with Crippen LogP contribution in [-0.4, -0.2) is 9.97 Å². The molecule has 0 unspecified atom stereocenters. The second kappa shape index (κ2) is 16.8. The number of aromatic nitrogens is 2. The van der Waals surface area contributed by atoms with E-state index in [1.54, 1.807) is 0 Å². The summed E-state index contributed by atoms with van der Waals surface area (Å²) >= 11 is 0. The predicted octanol–water partition coefficient (Wildman–Crippen LogP) is 14.6. The van der Waals surface area contributed by atoms with Crippen LogP contribution in [-0.2, 0) is 5.41 Å². The van der Waals surface area contributed by atoms with Gasteiger partial charge in [-0.1, -0.05) is 143 Å². The maximum atomic E-state index is 6.59. The first kappa shape index (κ1) is 38.1. The number of nitrogen functional groups attached to an aromatic ring is 2. The lowest BCUT2D eigenvalue weighted by molar-refractivity contribution is 0.250. The number of rotatable bonds is 14. The first-order valence-corrected chi connectivity index (χ1v) is 21.5. The van der Waals surface area contributed by atoms with E-state index in [0.29, 0.717) is 22.9 Å². The second-order valence-electron chi connectivity index (χ2n) is 16.4. The average Bonchev–Trinajstić information content (AvgIpc) is 3.84. The van der Waals surface area contributed by atoms with Gasteiger partial charge >= 0.3 is 0 Å². The number of hydrogen-bond acceptors (Lipinski definition) is 4. The largest absolute Gasteiger partial charge is 0.452 e. The number of nitrogens with two attached hydrogens (primary N) is 2. The lowest BCUT2D eigenvalue weighted by Crippen LogP contribution is -2.33. The number of anilines is 2. The van der Waals surface area contributed by atoms with Crippen LogP contribution < -0.4 is 20.9 Å². The van der Waals surface area contributed by atoms with Crippen LogP contribution in [0.1, 0.15) is 82.3 Å². The van der Waals surface area contributed by atoms with Gasteiger partial charge in [-0.2, -0.15) is 0 Å². The maximum absolute atomic E-state index is 6.59. The Hall–Kier alpha value is -6.40. The zero-order valence-electron chi connectivity index (χ0n) is 34.0. The van der Waals surface area contributed by atoms with Crippen LogP contribution in [0.5, 0.6) is 23.0 Å². The Morgan fingerprint density at radius 3 is 1.44 bits per heavy atom. The number of aromatic amines is 2. The number of hydrogen-bond donors (Lipinski definition) is 4. The lowest BCUT2D eigenvalue weighted by atomic mass is 9.62. The van der Waals surface area contributed by atoms with Crippen LogP contribution in [0.4, 0.5) is 11.4 Å². The molecule has 6 aromatic carbocycles. The summed E-state index contributed by atoms with van der Waals surface area (Å²) in [6.45, 7) is 2.29. The first-order valence-electron chi connectivity index (χ1n) is 21.5. The highest BCUT2D eigenvalue weighted by Crippen LogP contribution is 2.50. The summed E-state index contributed by atoms with van der Waals surface area (Å²) in [5, 5.41) is 2.05. The Morgan fingerprint density at radius 2 is 0.966 bits per heavy atom. The first-order chi connectivity index (χ1) is 29.0. The summed E-state index contributed by atoms with van der Waals surface area (Å²) < 4.78 is 13.2. The Bertz CT molecular complexity index is 2490. The molecule has 1 saturated carbocycles. The van der Waals surface area contributed by atoms with Crippen molar-refractivity contribution < 1.29 is 9.47 Å². The van der Waals surface area contributed by atoms with Crippen molar-refractivity contribution in [2.45, 2.75) is 76.5 Å². The van der Waals surface area contributed by atoms with Crippen LogP contribution >= 0.6 is 0 Å². The molecule has 9 rings (SSSR count). The van der Waals surface area contributed by atoms with Gasteiger partial charge in [-0.15, -0.1) is 0 Å². The number of nitrogens with one attached hydrogen (secondary N) is 2. The summed E-state index contributed by atoms with van der Waals surface area (Å²) in [5.41, 5.74) is 22.6. The van der Waals surface area contributed by atoms with Crippen molar-refractivity contribution in [2.75, 3.05) is 11.5 Å². The standard InChI is InChI=1S/C53H54N4O2/c1-2-3-4-5-6-15-36-32-34-53(35-33-36,39-28-24-37(25-29-39)49-51(41-16-7-11-20-45(41)56-49)58-47-22-13-9-18-43(47)54)40-30-26-38(27-31-40)50-52(42-17-8-12-21-46(42)57-50)59-48-23-14-10-19-44(48)55/h7-14,16-31,36,56-57H,2-6,15,32-35,54-55H2,1H3. The third kappa shape index (κ3) is 7.68. The molecular formula is C53H54N4O2. The molecular weight excluding hydrogens is 725 g/mol. The SMILES string of the molecule is CCCCCCCC1CCC(c2ccc(-c3[nH]c4ccccc4c3Oc3ccccc3N)cc2)(c2ccc(-c3[nH]c4ccccc4c3Oc3ccccc3N)cc2)CC1. The summed E-state index contributed by atoms with van der Waals surface area (Å²) in [6, 6.07) is 50.4. The minimum Gasteiger partial charge on any atom is -0.452 e. The quantitative estimate of drug-likeness (QED) is 0.0652. The molecule has 2 aromatic heterocycles. The van der Waals surface area contributed by atoms with E-state index in [2.05, 4.69) is 89.7 Å². The molecule has 0 saturated heterocycles. The fourth-order valence-electron chi connectivity index (χ4n) is 9.37. The van der Waals surface area contributed by atoms with Gasteiger partial charge < -0.3 is 30.9 Å². The minimum atomic E-state index is -0.105. The van der Waals surface area contributed by atoms with Crippen molar-refractivity contribution in [3.05, 3.63) is 157 Å². The summed E-state index contributed by atoms with van der Waals surface area (Å²) in [7, 11) is 0. The molecule has 6 N–H and O–H groups in total.